The summed E-state index contributed by atoms with van der Waals surface area (Å²) in [6.07, 6.45) is 1.11. The maximum absolute atomic E-state index is 12.3. The number of amides is 1. The van der Waals surface area contributed by atoms with Crippen LogP contribution in [-0.2, 0) is 4.79 Å². The fraction of sp³-hybridized carbons (Fsp3) is 0.550. The second-order valence-electron chi connectivity index (χ2n) is 8.09. The van der Waals surface area contributed by atoms with Gasteiger partial charge in [-0.05, 0) is 18.4 Å². The van der Waals surface area contributed by atoms with E-state index in [4.69, 9.17) is 10.2 Å². The van der Waals surface area contributed by atoms with Crippen molar-refractivity contribution in [2.24, 2.45) is 5.92 Å². The number of carbonyl (C=O) groups excluding carboxylic acids is 1. The number of nitrogens with one attached hydrogen (secondary N) is 1. The molecule has 0 unspecified atom stereocenters. The summed E-state index contributed by atoms with van der Waals surface area (Å²) in [5.41, 5.74) is 0.377. The third-order valence-electron chi connectivity index (χ3n) is 6.23. The van der Waals surface area contributed by atoms with Crippen molar-refractivity contribution in [2.45, 2.75) is 31.7 Å². The largest absolute Gasteiger partial charge is 0.464 e. The molecule has 2 saturated heterocycles. The van der Waals surface area contributed by atoms with Crippen LogP contribution in [0.25, 0.3) is 11.0 Å². The second kappa shape index (κ2) is 9.08. The standard InChI is InChI=1S/C20H25N7O3.ClH/c1-12-4-7-26(16(28)3-6-21)11-15(12)25(2)18-14-5-8-27(20(29)30)19(14)24-17(23-18)13-9-22-10-13;/h5,8,12-13,15,22H,3-4,7,9-11H2,1-2H3,(H,29,30);1H/t12-,15+;/m1./s1. The van der Waals surface area contributed by atoms with E-state index >= 15 is 0 Å². The number of fused-ring (bicyclic) bond motifs is 1. The summed E-state index contributed by atoms with van der Waals surface area (Å²) in [7, 11) is 1.93. The molecule has 1 amide bonds. The first-order chi connectivity index (χ1) is 14.4. The smallest absolute Gasteiger partial charge is 0.417 e. The molecule has 2 aromatic heterocycles. The van der Waals surface area contributed by atoms with Crippen LogP contribution in [0.1, 0.15) is 31.5 Å². The summed E-state index contributed by atoms with van der Waals surface area (Å²) < 4.78 is 1.12. The molecule has 2 aromatic rings. The third-order valence-corrected chi connectivity index (χ3v) is 6.23. The second-order valence-corrected chi connectivity index (χ2v) is 8.09. The Bertz CT molecular complexity index is 1030. The molecule has 0 aliphatic carbocycles. The molecule has 166 valence electrons. The summed E-state index contributed by atoms with van der Waals surface area (Å²) in [6, 6.07) is 3.66. The van der Waals surface area contributed by atoms with Gasteiger partial charge in [-0.25, -0.2) is 19.3 Å². The topological polar surface area (TPSA) is 127 Å². The number of hydrogen-bond acceptors (Lipinski definition) is 7. The predicted octanol–water partition coefficient (Wildman–Crippen LogP) is 1.65. The van der Waals surface area contributed by atoms with Crippen LogP contribution in [0.3, 0.4) is 0 Å². The van der Waals surface area contributed by atoms with Crippen LogP contribution in [0.15, 0.2) is 12.3 Å². The molecule has 11 heteroatoms. The summed E-state index contributed by atoms with van der Waals surface area (Å²) in [6.45, 7) is 4.81. The van der Waals surface area contributed by atoms with Crippen LogP contribution in [-0.4, -0.2) is 75.8 Å². The molecule has 0 aromatic carbocycles. The first-order valence-electron chi connectivity index (χ1n) is 10.1. The van der Waals surface area contributed by atoms with E-state index in [1.165, 1.54) is 6.20 Å². The highest BCUT2D eigenvalue weighted by Crippen LogP contribution is 2.32. The number of anilines is 1. The molecule has 2 fully saturated rings. The zero-order chi connectivity index (χ0) is 21.4. The highest BCUT2D eigenvalue weighted by Gasteiger charge is 2.34. The first kappa shape index (κ1) is 22.8. The SMILES string of the molecule is C[C@@H]1CCN(C(=O)CC#N)C[C@@H]1N(C)c1nc(C2CNC2)nc2c1ccn2C(=O)O.Cl. The lowest BCUT2D eigenvalue weighted by Crippen LogP contribution is -2.53. The Balaban J connectivity index is 0.00000272. The number of carbonyl (C=O) groups is 2. The maximum atomic E-state index is 12.3. The average molecular weight is 448 g/mol. The van der Waals surface area contributed by atoms with Crippen molar-refractivity contribution >= 4 is 41.3 Å². The molecule has 0 bridgehead atoms. The molecule has 10 nitrogen and oxygen atoms in total. The predicted molar refractivity (Wildman–Crippen MR) is 117 cm³/mol. The lowest BCUT2D eigenvalue weighted by Gasteiger charge is -2.42. The van der Waals surface area contributed by atoms with Gasteiger partial charge in [0.05, 0.1) is 17.5 Å². The van der Waals surface area contributed by atoms with E-state index < -0.39 is 6.09 Å². The monoisotopic (exact) mass is 447 g/mol. The van der Waals surface area contributed by atoms with Gasteiger partial charge < -0.3 is 20.2 Å². The Morgan fingerprint density at radius 3 is 2.74 bits per heavy atom. The Labute approximate surface area is 186 Å². The number of aromatic nitrogens is 3. The highest BCUT2D eigenvalue weighted by atomic mass is 35.5. The van der Waals surface area contributed by atoms with Crippen molar-refractivity contribution in [2.75, 3.05) is 38.1 Å². The van der Waals surface area contributed by atoms with Gasteiger partial charge in [0.15, 0.2) is 5.65 Å². The van der Waals surface area contributed by atoms with Gasteiger partial charge in [0, 0.05) is 45.3 Å². The molecule has 0 radical (unpaired) electrons. The van der Waals surface area contributed by atoms with E-state index in [1.807, 2.05) is 18.0 Å². The van der Waals surface area contributed by atoms with Crippen molar-refractivity contribution in [1.82, 2.24) is 24.8 Å². The van der Waals surface area contributed by atoms with Crippen molar-refractivity contribution in [3.8, 4) is 6.07 Å². The minimum absolute atomic E-state index is 0. The average Bonchev–Trinajstić information content (AvgIpc) is 3.10. The van der Waals surface area contributed by atoms with Crippen LogP contribution < -0.4 is 10.2 Å². The molecule has 2 aliphatic heterocycles. The van der Waals surface area contributed by atoms with Gasteiger partial charge in [0.2, 0.25) is 5.91 Å². The number of halogens is 1. The number of carboxylic acid groups (broad SMARTS) is 1. The van der Waals surface area contributed by atoms with Crippen molar-refractivity contribution in [3.63, 3.8) is 0 Å². The molecule has 0 spiro atoms. The van der Waals surface area contributed by atoms with Crippen LogP contribution >= 0.6 is 12.4 Å². The van der Waals surface area contributed by atoms with Gasteiger partial charge in [0.1, 0.15) is 18.1 Å². The molecule has 2 N–H and O–H groups in total. The Kier molecular flexibility index (Phi) is 6.67. The summed E-state index contributed by atoms with van der Waals surface area (Å²) >= 11 is 0. The minimum atomic E-state index is -1.09. The van der Waals surface area contributed by atoms with Crippen molar-refractivity contribution in [1.29, 1.82) is 5.26 Å². The number of nitriles is 1. The molecular weight excluding hydrogens is 422 g/mol. The van der Waals surface area contributed by atoms with E-state index in [-0.39, 0.29) is 36.7 Å². The number of rotatable bonds is 4. The van der Waals surface area contributed by atoms with Crippen LogP contribution in [0.2, 0.25) is 0 Å². The zero-order valence-corrected chi connectivity index (χ0v) is 18.3. The summed E-state index contributed by atoms with van der Waals surface area (Å²) in [5.74, 6) is 1.60. The summed E-state index contributed by atoms with van der Waals surface area (Å²) in [4.78, 5) is 37.1. The minimum Gasteiger partial charge on any atom is -0.464 e. The molecular formula is C20H26ClN7O3. The number of likely N-dealkylation sites (N-methyl/N-ethyl adjacent to an activating group) is 1. The summed E-state index contributed by atoms with van der Waals surface area (Å²) in [5, 5.41) is 22.3. The lowest BCUT2D eigenvalue weighted by molar-refractivity contribution is -0.131. The molecule has 4 heterocycles. The number of likely N-dealkylation sites (tertiary alicyclic amines) is 1. The van der Waals surface area contributed by atoms with E-state index in [0.717, 1.165) is 24.1 Å². The Morgan fingerprint density at radius 1 is 1.39 bits per heavy atom. The van der Waals surface area contributed by atoms with Gasteiger partial charge in [0.25, 0.3) is 0 Å². The Hall–Kier alpha value is -2.90. The maximum Gasteiger partial charge on any atom is 0.417 e. The molecule has 2 atom stereocenters. The van der Waals surface area contributed by atoms with E-state index in [0.29, 0.717) is 41.7 Å². The molecule has 4 rings (SSSR count). The van der Waals surface area contributed by atoms with Crippen LogP contribution in [0.5, 0.6) is 0 Å². The fourth-order valence-electron chi connectivity index (χ4n) is 4.21. The van der Waals surface area contributed by atoms with Crippen LogP contribution in [0.4, 0.5) is 10.6 Å². The Morgan fingerprint density at radius 2 is 2.13 bits per heavy atom. The van der Waals surface area contributed by atoms with Gasteiger partial charge in [-0.2, -0.15) is 5.26 Å². The molecule has 2 aliphatic rings. The van der Waals surface area contributed by atoms with E-state index in [2.05, 4.69) is 17.2 Å². The first-order valence-corrected chi connectivity index (χ1v) is 10.1. The zero-order valence-electron chi connectivity index (χ0n) is 17.5. The number of nitrogens with zero attached hydrogens (tertiary/aromatic N) is 6. The van der Waals surface area contributed by atoms with E-state index in [9.17, 15) is 14.7 Å². The quantitative estimate of drug-likeness (QED) is 0.724. The molecule has 31 heavy (non-hydrogen) atoms. The molecule has 0 saturated carbocycles. The lowest BCUT2D eigenvalue weighted by atomic mass is 9.92. The van der Waals surface area contributed by atoms with E-state index in [1.54, 1.807) is 11.0 Å². The van der Waals surface area contributed by atoms with Gasteiger partial charge in [-0.1, -0.05) is 6.92 Å². The normalized spacial score (nSPS) is 21.1. The number of hydrogen-bond donors (Lipinski definition) is 2. The van der Waals surface area contributed by atoms with Gasteiger partial charge in [-0.15, -0.1) is 12.4 Å². The van der Waals surface area contributed by atoms with Crippen molar-refractivity contribution < 1.29 is 14.7 Å². The van der Waals surface area contributed by atoms with Crippen LogP contribution in [0, 0.1) is 17.2 Å². The number of piperidine rings is 1. The van der Waals surface area contributed by atoms with Crippen molar-refractivity contribution in [3.05, 3.63) is 18.1 Å². The third kappa shape index (κ3) is 4.16. The fourth-order valence-corrected chi connectivity index (χ4v) is 4.21. The van der Waals surface area contributed by atoms with Gasteiger partial charge in [-0.3, -0.25) is 4.79 Å². The van der Waals surface area contributed by atoms with Gasteiger partial charge >= 0.3 is 6.09 Å². The highest BCUT2D eigenvalue weighted by molar-refractivity contribution is 5.93.